The van der Waals surface area contributed by atoms with Crippen LogP contribution in [0, 0.1) is 0 Å². The first-order chi connectivity index (χ1) is 7.29. The van der Waals surface area contributed by atoms with Crippen LogP contribution in [-0.4, -0.2) is 10.4 Å². The molecule has 0 atom stereocenters. The molecular formula is C12H15BrOS. The second-order valence-electron chi connectivity index (χ2n) is 3.93. The van der Waals surface area contributed by atoms with E-state index in [0.717, 1.165) is 15.3 Å². The summed E-state index contributed by atoms with van der Waals surface area (Å²) in [6.45, 7) is 0.141. The number of rotatable bonds is 3. The van der Waals surface area contributed by atoms with Gasteiger partial charge in [-0.3, -0.25) is 0 Å². The highest BCUT2D eigenvalue weighted by Gasteiger charge is 2.17. The van der Waals surface area contributed by atoms with Crippen LogP contribution < -0.4 is 0 Å². The molecule has 1 aromatic carbocycles. The Balaban J connectivity index is 2.14. The van der Waals surface area contributed by atoms with Gasteiger partial charge in [-0.25, -0.2) is 0 Å². The first-order valence-electron chi connectivity index (χ1n) is 5.35. The van der Waals surface area contributed by atoms with Crippen LogP contribution in [0.2, 0.25) is 0 Å². The molecule has 1 fully saturated rings. The van der Waals surface area contributed by atoms with Gasteiger partial charge in [0.15, 0.2) is 0 Å². The Hall–Kier alpha value is 0.01000. The molecule has 1 aliphatic carbocycles. The lowest BCUT2D eigenvalue weighted by molar-refractivity contribution is 0.279. The van der Waals surface area contributed by atoms with E-state index in [-0.39, 0.29) is 6.61 Å². The standard InChI is InChI=1S/C12H15BrOS/c13-10-6-5-9(8-14)12(7-10)15-11-3-1-2-4-11/h5-7,11,14H,1-4,8H2. The number of thioether (sulfide) groups is 1. The van der Waals surface area contributed by atoms with Gasteiger partial charge in [0.1, 0.15) is 0 Å². The molecule has 0 bridgehead atoms. The van der Waals surface area contributed by atoms with Gasteiger partial charge in [-0.05, 0) is 30.5 Å². The minimum atomic E-state index is 0.141. The Labute approximate surface area is 103 Å². The molecule has 1 N–H and O–H groups in total. The maximum atomic E-state index is 9.25. The second-order valence-corrected chi connectivity index (χ2v) is 6.19. The molecule has 0 heterocycles. The Morgan fingerprint density at radius 2 is 2.07 bits per heavy atom. The summed E-state index contributed by atoms with van der Waals surface area (Å²) in [5.41, 5.74) is 1.05. The van der Waals surface area contributed by atoms with Gasteiger partial charge in [-0.2, -0.15) is 0 Å². The summed E-state index contributed by atoms with van der Waals surface area (Å²) in [5.74, 6) is 0. The van der Waals surface area contributed by atoms with Crippen LogP contribution in [0.4, 0.5) is 0 Å². The smallest absolute Gasteiger partial charge is 0.0692 e. The Bertz CT molecular complexity index is 334. The van der Waals surface area contributed by atoms with Crippen molar-refractivity contribution in [2.45, 2.75) is 42.4 Å². The van der Waals surface area contributed by atoms with Crippen LogP contribution in [0.1, 0.15) is 31.2 Å². The van der Waals surface area contributed by atoms with Crippen LogP contribution in [0.5, 0.6) is 0 Å². The van der Waals surface area contributed by atoms with Gasteiger partial charge in [0.25, 0.3) is 0 Å². The lowest BCUT2D eigenvalue weighted by Gasteiger charge is -2.12. The normalized spacial score (nSPS) is 17.2. The van der Waals surface area contributed by atoms with E-state index in [4.69, 9.17) is 0 Å². The van der Waals surface area contributed by atoms with Crippen molar-refractivity contribution in [3.8, 4) is 0 Å². The van der Waals surface area contributed by atoms with Crippen LogP contribution in [0.15, 0.2) is 27.6 Å². The fraction of sp³-hybridized carbons (Fsp3) is 0.500. The zero-order valence-corrected chi connectivity index (χ0v) is 11.0. The van der Waals surface area contributed by atoms with Gasteiger partial charge in [-0.15, -0.1) is 11.8 Å². The van der Waals surface area contributed by atoms with Crippen molar-refractivity contribution in [3.05, 3.63) is 28.2 Å². The largest absolute Gasteiger partial charge is 0.392 e. The van der Waals surface area contributed by atoms with E-state index in [1.165, 1.54) is 30.6 Å². The van der Waals surface area contributed by atoms with E-state index in [1.54, 1.807) is 0 Å². The lowest BCUT2D eigenvalue weighted by atomic mass is 10.2. The average molecular weight is 287 g/mol. The predicted molar refractivity (Wildman–Crippen MR) is 68.2 cm³/mol. The van der Waals surface area contributed by atoms with Crippen LogP contribution in [0.25, 0.3) is 0 Å². The Morgan fingerprint density at radius 3 is 2.73 bits per heavy atom. The number of aliphatic hydroxyl groups is 1. The van der Waals surface area contributed by atoms with E-state index < -0.39 is 0 Å². The highest BCUT2D eigenvalue weighted by molar-refractivity contribution is 9.10. The van der Waals surface area contributed by atoms with Crippen molar-refractivity contribution >= 4 is 27.7 Å². The van der Waals surface area contributed by atoms with Crippen molar-refractivity contribution in [1.29, 1.82) is 0 Å². The minimum Gasteiger partial charge on any atom is -0.392 e. The van der Waals surface area contributed by atoms with Gasteiger partial charge in [0, 0.05) is 14.6 Å². The summed E-state index contributed by atoms with van der Waals surface area (Å²) in [6.07, 6.45) is 5.37. The van der Waals surface area contributed by atoms with Crippen molar-refractivity contribution in [2.24, 2.45) is 0 Å². The number of hydrogen-bond donors (Lipinski definition) is 1. The van der Waals surface area contributed by atoms with Crippen LogP contribution in [0.3, 0.4) is 0 Å². The molecule has 0 spiro atoms. The third-order valence-corrected chi connectivity index (χ3v) is 4.73. The molecule has 82 valence electrons. The molecule has 0 radical (unpaired) electrons. The summed E-state index contributed by atoms with van der Waals surface area (Å²) >= 11 is 5.41. The highest BCUT2D eigenvalue weighted by atomic mass is 79.9. The first kappa shape index (κ1) is 11.5. The van der Waals surface area contributed by atoms with Gasteiger partial charge in [-0.1, -0.05) is 34.8 Å². The second kappa shape index (κ2) is 5.37. The van der Waals surface area contributed by atoms with Gasteiger partial charge < -0.3 is 5.11 Å². The monoisotopic (exact) mass is 286 g/mol. The number of hydrogen-bond acceptors (Lipinski definition) is 2. The van der Waals surface area contributed by atoms with E-state index in [1.807, 2.05) is 23.9 Å². The maximum Gasteiger partial charge on any atom is 0.0692 e. The Kier molecular flexibility index (Phi) is 4.12. The van der Waals surface area contributed by atoms with Gasteiger partial charge in [0.05, 0.1) is 6.61 Å². The zero-order chi connectivity index (χ0) is 10.7. The summed E-state index contributed by atoms with van der Waals surface area (Å²) in [6, 6.07) is 6.11. The van der Waals surface area contributed by atoms with Crippen LogP contribution in [-0.2, 0) is 6.61 Å². The molecule has 1 aliphatic rings. The van der Waals surface area contributed by atoms with E-state index >= 15 is 0 Å². The SMILES string of the molecule is OCc1ccc(Br)cc1SC1CCCC1. The first-order valence-corrected chi connectivity index (χ1v) is 7.03. The summed E-state index contributed by atoms with van der Waals surface area (Å²) in [5, 5.41) is 10.0. The number of halogens is 1. The van der Waals surface area contributed by atoms with Crippen molar-refractivity contribution < 1.29 is 5.11 Å². The van der Waals surface area contributed by atoms with E-state index in [0.29, 0.717) is 0 Å². The maximum absolute atomic E-state index is 9.25. The molecule has 0 aromatic heterocycles. The summed E-state index contributed by atoms with van der Waals surface area (Å²) in [4.78, 5) is 1.23. The van der Waals surface area contributed by atoms with Crippen molar-refractivity contribution in [1.82, 2.24) is 0 Å². The number of aliphatic hydroxyl groups excluding tert-OH is 1. The fourth-order valence-electron chi connectivity index (χ4n) is 1.95. The number of benzene rings is 1. The lowest BCUT2D eigenvalue weighted by Crippen LogP contribution is -1.96. The highest BCUT2D eigenvalue weighted by Crippen LogP contribution is 2.37. The minimum absolute atomic E-state index is 0.141. The fourth-order valence-corrected chi connectivity index (χ4v) is 3.87. The molecule has 15 heavy (non-hydrogen) atoms. The predicted octanol–water partition coefficient (Wildman–Crippen LogP) is 3.98. The zero-order valence-electron chi connectivity index (χ0n) is 8.58. The summed E-state index contributed by atoms with van der Waals surface area (Å²) in [7, 11) is 0. The molecule has 1 saturated carbocycles. The molecule has 1 nitrogen and oxygen atoms in total. The summed E-state index contributed by atoms with van der Waals surface area (Å²) < 4.78 is 1.10. The molecule has 0 amide bonds. The Morgan fingerprint density at radius 1 is 1.33 bits per heavy atom. The van der Waals surface area contributed by atoms with Crippen molar-refractivity contribution in [2.75, 3.05) is 0 Å². The van der Waals surface area contributed by atoms with Crippen LogP contribution >= 0.6 is 27.7 Å². The molecule has 0 saturated heterocycles. The molecular weight excluding hydrogens is 272 g/mol. The molecule has 3 heteroatoms. The topological polar surface area (TPSA) is 20.2 Å². The van der Waals surface area contributed by atoms with Crippen molar-refractivity contribution in [3.63, 3.8) is 0 Å². The molecule has 2 rings (SSSR count). The molecule has 0 aliphatic heterocycles. The van der Waals surface area contributed by atoms with E-state index in [2.05, 4.69) is 22.0 Å². The third kappa shape index (κ3) is 2.99. The van der Waals surface area contributed by atoms with E-state index in [9.17, 15) is 5.11 Å². The molecule has 0 unspecified atom stereocenters. The third-order valence-electron chi connectivity index (χ3n) is 2.80. The average Bonchev–Trinajstić information content (AvgIpc) is 2.71. The van der Waals surface area contributed by atoms with Gasteiger partial charge in [0.2, 0.25) is 0 Å². The van der Waals surface area contributed by atoms with Gasteiger partial charge >= 0.3 is 0 Å². The quantitative estimate of drug-likeness (QED) is 0.907. The molecule has 1 aromatic rings.